The Morgan fingerprint density at radius 3 is 2.80 bits per heavy atom. The lowest BCUT2D eigenvalue weighted by atomic mass is 10.2. The number of thiazole rings is 1. The second-order valence-electron chi connectivity index (χ2n) is 4.47. The smallest absolute Gasteiger partial charge is 0.175 e. The molecule has 0 fully saturated rings. The monoisotopic (exact) mass is 353 g/mol. The second kappa shape index (κ2) is 5.18. The Balaban J connectivity index is 2.08. The third-order valence-corrected chi connectivity index (χ3v) is 4.86. The van der Waals surface area contributed by atoms with E-state index in [9.17, 15) is 4.79 Å². The molecule has 0 aliphatic carbocycles. The molecule has 1 aliphatic rings. The number of aromatic nitrogens is 1. The van der Waals surface area contributed by atoms with E-state index in [1.54, 1.807) is 6.92 Å². The van der Waals surface area contributed by atoms with Gasteiger partial charge in [0.15, 0.2) is 17.3 Å². The summed E-state index contributed by atoms with van der Waals surface area (Å²) in [6.45, 7) is 4.50. The second-order valence-corrected chi connectivity index (χ2v) is 6.33. The summed E-state index contributed by atoms with van der Waals surface area (Å²) < 4.78 is 12.0. The first-order valence-corrected chi connectivity index (χ1v) is 7.75. The van der Waals surface area contributed by atoms with Crippen LogP contribution in [0.3, 0.4) is 0 Å². The lowest BCUT2D eigenvalue weighted by Crippen LogP contribution is -2.15. The minimum atomic E-state index is 0.0443. The number of ketones is 1. The average Bonchev–Trinajstić information content (AvgIpc) is 2.81. The number of carbonyl (C=O) groups is 1. The molecular weight excluding hydrogens is 342 g/mol. The number of aryl methyl sites for hydroxylation is 1. The van der Waals surface area contributed by atoms with Crippen LogP contribution < -0.4 is 9.47 Å². The van der Waals surface area contributed by atoms with E-state index >= 15 is 0 Å². The summed E-state index contributed by atoms with van der Waals surface area (Å²) in [5, 5.41) is 0.811. The maximum absolute atomic E-state index is 11.5. The number of benzene rings is 1. The fourth-order valence-corrected chi connectivity index (χ4v) is 3.59. The van der Waals surface area contributed by atoms with E-state index in [0.29, 0.717) is 23.8 Å². The molecule has 0 amide bonds. The van der Waals surface area contributed by atoms with Crippen molar-refractivity contribution in [1.29, 1.82) is 0 Å². The van der Waals surface area contributed by atoms with Crippen LogP contribution in [-0.4, -0.2) is 24.0 Å². The lowest BCUT2D eigenvalue weighted by Gasteiger charge is -2.20. The Morgan fingerprint density at radius 2 is 2.10 bits per heavy atom. The number of hydrogen-bond acceptors (Lipinski definition) is 5. The molecule has 6 heteroatoms. The van der Waals surface area contributed by atoms with Crippen molar-refractivity contribution in [3.63, 3.8) is 0 Å². The van der Waals surface area contributed by atoms with Crippen LogP contribution in [-0.2, 0) is 0 Å². The maximum atomic E-state index is 11.5. The van der Waals surface area contributed by atoms with E-state index in [-0.39, 0.29) is 5.78 Å². The highest BCUT2D eigenvalue weighted by Gasteiger charge is 2.19. The van der Waals surface area contributed by atoms with Crippen LogP contribution in [0.4, 0.5) is 0 Å². The zero-order valence-electron chi connectivity index (χ0n) is 11.0. The first-order valence-electron chi connectivity index (χ1n) is 6.14. The molecule has 2 heterocycles. The Morgan fingerprint density at radius 1 is 1.35 bits per heavy atom. The van der Waals surface area contributed by atoms with Crippen molar-refractivity contribution in [3.8, 4) is 22.1 Å². The Hall–Kier alpha value is -1.40. The Bertz CT molecular complexity index is 696. The maximum Gasteiger partial charge on any atom is 0.175 e. The first-order chi connectivity index (χ1) is 9.56. The van der Waals surface area contributed by atoms with Gasteiger partial charge in [-0.25, -0.2) is 4.98 Å². The molecule has 0 unspecified atom stereocenters. The SMILES string of the molecule is CC(=O)c1sc(-c2cc(Br)c3c(c2)OCCO3)nc1C. The fraction of sp³-hybridized carbons (Fsp3) is 0.286. The number of hydrogen-bond donors (Lipinski definition) is 0. The predicted octanol–water partition coefficient (Wildman–Crippen LogP) is 3.85. The molecule has 3 rings (SSSR count). The molecule has 104 valence electrons. The summed E-state index contributed by atoms with van der Waals surface area (Å²) in [4.78, 5) is 16.7. The predicted molar refractivity (Wildman–Crippen MR) is 81.0 cm³/mol. The van der Waals surface area contributed by atoms with Gasteiger partial charge in [-0.3, -0.25) is 4.79 Å². The van der Waals surface area contributed by atoms with Crippen LogP contribution >= 0.6 is 27.3 Å². The molecule has 1 aliphatic heterocycles. The average molecular weight is 354 g/mol. The summed E-state index contributed by atoms with van der Waals surface area (Å²) >= 11 is 4.89. The standard InChI is InChI=1S/C14H12BrNO3S/c1-7-13(8(2)17)20-14(16-7)9-5-10(15)12-11(6-9)18-3-4-19-12/h5-6H,3-4H2,1-2H3. The van der Waals surface area contributed by atoms with Gasteiger partial charge in [0.05, 0.1) is 15.0 Å². The van der Waals surface area contributed by atoms with Gasteiger partial charge in [-0.1, -0.05) is 0 Å². The van der Waals surface area contributed by atoms with Crippen LogP contribution in [0.15, 0.2) is 16.6 Å². The van der Waals surface area contributed by atoms with Gasteiger partial charge in [-0.05, 0) is 35.0 Å². The van der Waals surface area contributed by atoms with Crippen LogP contribution in [0.25, 0.3) is 10.6 Å². The number of halogens is 1. The number of carbonyl (C=O) groups excluding carboxylic acids is 1. The zero-order valence-corrected chi connectivity index (χ0v) is 13.4. The van der Waals surface area contributed by atoms with Crippen LogP contribution in [0.2, 0.25) is 0 Å². The molecule has 0 radical (unpaired) electrons. The molecule has 0 saturated carbocycles. The summed E-state index contributed by atoms with van der Waals surface area (Å²) in [5.41, 5.74) is 1.69. The number of rotatable bonds is 2. The molecule has 2 aromatic rings. The molecule has 0 N–H and O–H groups in total. The van der Waals surface area contributed by atoms with E-state index in [2.05, 4.69) is 20.9 Å². The molecule has 0 atom stereocenters. The van der Waals surface area contributed by atoms with Gasteiger partial charge in [0.25, 0.3) is 0 Å². The van der Waals surface area contributed by atoms with Gasteiger partial charge in [0, 0.05) is 12.5 Å². The van der Waals surface area contributed by atoms with Crippen molar-refractivity contribution in [3.05, 3.63) is 27.2 Å². The minimum Gasteiger partial charge on any atom is -0.486 e. The highest BCUT2D eigenvalue weighted by molar-refractivity contribution is 9.10. The van der Waals surface area contributed by atoms with E-state index in [4.69, 9.17) is 9.47 Å². The van der Waals surface area contributed by atoms with Gasteiger partial charge < -0.3 is 9.47 Å². The van der Waals surface area contributed by atoms with Crippen molar-refractivity contribution in [2.75, 3.05) is 13.2 Å². The first kappa shape index (κ1) is 13.6. The third kappa shape index (κ3) is 2.33. The summed E-state index contributed by atoms with van der Waals surface area (Å²) in [5.74, 6) is 1.47. The molecule has 0 bridgehead atoms. The Labute approximate surface area is 128 Å². The number of ether oxygens (including phenoxy) is 2. The number of Topliss-reactive ketones (excluding diaryl/α,β-unsaturated/α-hetero) is 1. The van der Waals surface area contributed by atoms with Gasteiger partial charge in [0.2, 0.25) is 0 Å². The zero-order chi connectivity index (χ0) is 14.3. The summed E-state index contributed by atoms with van der Waals surface area (Å²) in [7, 11) is 0. The minimum absolute atomic E-state index is 0.0443. The topological polar surface area (TPSA) is 48.4 Å². The fourth-order valence-electron chi connectivity index (χ4n) is 2.08. The summed E-state index contributed by atoms with van der Waals surface area (Å²) in [6.07, 6.45) is 0. The summed E-state index contributed by atoms with van der Waals surface area (Å²) in [6, 6.07) is 3.84. The molecule has 1 aromatic carbocycles. The molecular formula is C14H12BrNO3S. The normalized spacial score (nSPS) is 13.3. The van der Waals surface area contributed by atoms with E-state index in [0.717, 1.165) is 26.5 Å². The molecule has 20 heavy (non-hydrogen) atoms. The van der Waals surface area contributed by atoms with Crippen LogP contribution in [0.1, 0.15) is 22.3 Å². The third-order valence-electron chi connectivity index (χ3n) is 2.96. The van der Waals surface area contributed by atoms with Crippen LogP contribution in [0, 0.1) is 6.92 Å². The van der Waals surface area contributed by atoms with E-state index in [1.807, 2.05) is 19.1 Å². The number of nitrogens with zero attached hydrogens (tertiary/aromatic N) is 1. The van der Waals surface area contributed by atoms with Gasteiger partial charge >= 0.3 is 0 Å². The van der Waals surface area contributed by atoms with Crippen molar-refractivity contribution in [1.82, 2.24) is 4.98 Å². The Kier molecular flexibility index (Phi) is 3.52. The van der Waals surface area contributed by atoms with Crippen molar-refractivity contribution in [2.24, 2.45) is 0 Å². The lowest BCUT2D eigenvalue weighted by molar-refractivity contribution is 0.102. The number of fused-ring (bicyclic) bond motifs is 1. The molecule has 0 spiro atoms. The molecule has 0 saturated heterocycles. The highest BCUT2D eigenvalue weighted by atomic mass is 79.9. The van der Waals surface area contributed by atoms with Crippen molar-refractivity contribution < 1.29 is 14.3 Å². The van der Waals surface area contributed by atoms with Crippen molar-refractivity contribution in [2.45, 2.75) is 13.8 Å². The van der Waals surface area contributed by atoms with Gasteiger partial charge in [0.1, 0.15) is 18.2 Å². The highest BCUT2D eigenvalue weighted by Crippen LogP contribution is 2.42. The molecule has 4 nitrogen and oxygen atoms in total. The van der Waals surface area contributed by atoms with Gasteiger partial charge in [-0.2, -0.15) is 0 Å². The quantitative estimate of drug-likeness (QED) is 0.769. The van der Waals surface area contributed by atoms with Crippen molar-refractivity contribution >= 4 is 33.0 Å². The largest absolute Gasteiger partial charge is 0.486 e. The molecule has 1 aromatic heterocycles. The van der Waals surface area contributed by atoms with E-state index < -0.39 is 0 Å². The van der Waals surface area contributed by atoms with Gasteiger partial charge in [-0.15, -0.1) is 11.3 Å². The van der Waals surface area contributed by atoms with Crippen LogP contribution in [0.5, 0.6) is 11.5 Å². The van der Waals surface area contributed by atoms with E-state index in [1.165, 1.54) is 11.3 Å².